The van der Waals surface area contributed by atoms with Crippen LogP contribution in [0.25, 0.3) is 0 Å². The molecular formula is C20H29OTi. The molecule has 1 unspecified atom stereocenters. The maximum atomic E-state index is 8.99. The molecule has 0 aliphatic heterocycles. The van der Waals surface area contributed by atoms with Crippen molar-refractivity contribution < 1.29 is 25.1 Å². The maximum Gasteiger partial charge on any atom is 0.116 e. The van der Waals surface area contributed by atoms with Crippen LogP contribution in [0.5, 0.6) is 5.75 Å². The Labute approximate surface area is 148 Å². The normalized spacial score (nSPS) is 16.3. The fourth-order valence-corrected chi connectivity index (χ4v) is 2.11. The number of hydrogen-bond acceptors (Lipinski definition) is 1. The van der Waals surface area contributed by atoms with Crippen LogP contribution in [-0.4, -0.2) is 8.92 Å². The number of rotatable bonds is 0. The Bertz CT molecular complexity index is 525. The Kier molecular flexibility index (Phi) is 9.56. The van der Waals surface area contributed by atoms with Crippen LogP contribution < -0.4 is 0 Å². The monoisotopic (exact) mass is 333 g/mol. The SMILES string of the molecule is CC1=[C-]C(C)C(C)=C1C.C[C](C)=[Ti+].Cc1cc(C)cc(O)c1. The Morgan fingerprint density at radius 2 is 1.41 bits per heavy atom. The van der Waals surface area contributed by atoms with Crippen LogP contribution in [0.3, 0.4) is 0 Å². The van der Waals surface area contributed by atoms with Crippen molar-refractivity contribution in [3.63, 3.8) is 0 Å². The summed E-state index contributed by atoms with van der Waals surface area (Å²) in [7, 11) is 0. The summed E-state index contributed by atoms with van der Waals surface area (Å²) in [6.07, 6.45) is 3.36. The maximum absolute atomic E-state index is 8.99. The first-order valence-corrected chi connectivity index (χ1v) is 8.39. The molecule has 1 aromatic rings. The first-order valence-electron chi connectivity index (χ1n) is 7.61. The minimum atomic E-state index is 0.354. The molecular weight excluding hydrogens is 304 g/mol. The van der Waals surface area contributed by atoms with Gasteiger partial charge in [0, 0.05) is 0 Å². The number of benzene rings is 1. The minimum absolute atomic E-state index is 0.354. The fourth-order valence-electron chi connectivity index (χ4n) is 2.11. The number of phenols is 1. The van der Waals surface area contributed by atoms with Gasteiger partial charge in [-0.2, -0.15) is 11.1 Å². The second-order valence-corrected chi connectivity index (χ2v) is 7.71. The molecule has 0 bridgehead atoms. The van der Waals surface area contributed by atoms with Gasteiger partial charge < -0.3 is 5.11 Å². The Balaban J connectivity index is 0.000000326. The predicted octanol–water partition coefficient (Wildman–Crippen LogP) is 5.48. The van der Waals surface area contributed by atoms with E-state index in [1.54, 1.807) is 12.1 Å². The third-order valence-electron chi connectivity index (χ3n) is 3.44. The van der Waals surface area contributed by atoms with E-state index in [0.717, 1.165) is 11.1 Å². The minimum Gasteiger partial charge on any atom is -0.508 e. The van der Waals surface area contributed by atoms with Gasteiger partial charge in [0.25, 0.3) is 0 Å². The van der Waals surface area contributed by atoms with E-state index in [2.05, 4.69) is 67.6 Å². The average molecular weight is 333 g/mol. The Hall–Kier alpha value is -0.916. The molecule has 0 aromatic heterocycles. The van der Waals surface area contributed by atoms with Gasteiger partial charge in [-0.15, -0.1) is 6.92 Å². The van der Waals surface area contributed by atoms with Gasteiger partial charge in [0.2, 0.25) is 0 Å². The molecule has 0 spiro atoms. The number of hydrogen-bond donors (Lipinski definition) is 1. The van der Waals surface area contributed by atoms with Crippen molar-refractivity contribution in [3.05, 3.63) is 52.1 Å². The van der Waals surface area contributed by atoms with Crippen molar-refractivity contribution in [2.45, 2.75) is 55.4 Å². The molecule has 2 rings (SSSR count). The Morgan fingerprint density at radius 3 is 1.59 bits per heavy atom. The van der Waals surface area contributed by atoms with E-state index >= 15 is 0 Å². The zero-order chi connectivity index (χ0) is 17.4. The quantitative estimate of drug-likeness (QED) is 0.492. The van der Waals surface area contributed by atoms with Gasteiger partial charge in [-0.1, -0.05) is 32.8 Å². The molecule has 1 aromatic carbocycles. The zero-order valence-corrected chi connectivity index (χ0v) is 16.8. The fraction of sp³-hybridized carbons (Fsp3) is 0.450. The van der Waals surface area contributed by atoms with Gasteiger partial charge in [-0.05, 0) is 37.1 Å². The molecule has 0 fully saturated rings. The van der Waals surface area contributed by atoms with Gasteiger partial charge in [0.1, 0.15) is 5.75 Å². The van der Waals surface area contributed by atoms with Gasteiger partial charge >= 0.3 is 37.6 Å². The van der Waals surface area contributed by atoms with E-state index < -0.39 is 0 Å². The summed E-state index contributed by atoms with van der Waals surface area (Å²) in [6.45, 7) is 16.8. The van der Waals surface area contributed by atoms with Crippen LogP contribution in [0, 0.1) is 25.8 Å². The van der Waals surface area contributed by atoms with Crippen LogP contribution in [0.1, 0.15) is 52.7 Å². The van der Waals surface area contributed by atoms with Crippen LogP contribution in [0.15, 0.2) is 34.9 Å². The van der Waals surface area contributed by atoms with Crippen molar-refractivity contribution in [3.8, 4) is 5.75 Å². The van der Waals surface area contributed by atoms with Crippen molar-refractivity contribution in [1.29, 1.82) is 0 Å². The van der Waals surface area contributed by atoms with Gasteiger partial charge in [-0.3, -0.25) is 6.08 Å². The molecule has 0 heterocycles. The second kappa shape index (κ2) is 9.97. The van der Waals surface area contributed by atoms with Crippen LogP contribution >= 0.6 is 0 Å². The average Bonchev–Trinajstić information content (AvgIpc) is 2.54. The molecule has 0 saturated heterocycles. The van der Waals surface area contributed by atoms with Gasteiger partial charge in [0.05, 0.1) is 0 Å². The summed E-state index contributed by atoms with van der Waals surface area (Å²) < 4.78 is 1.42. The molecule has 119 valence electrons. The third-order valence-corrected chi connectivity index (χ3v) is 3.44. The molecule has 0 radical (unpaired) electrons. The van der Waals surface area contributed by atoms with Gasteiger partial charge in [-0.25, -0.2) is 5.57 Å². The summed E-state index contributed by atoms with van der Waals surface area (Å²) in [5.41, 5.74) is 6.45. The largest absolute Gasteiger partial charge is 0.508 e. The predicted molar refractivity (Wildman–Crippen MR) is 93.9 cm³/mol. The van der Waals surface area contributed by atoms with Crippen molar-refractivity contribution in [1.82, 2.24) is 0 Å². The van der Waals surface area contributed by atoms with E-state index in [1.165, 1.54) is 20.5 Å². The van der Waals surface area contributed by atoms with E-state index in [4.69, 9.17) is 5.11 Å². The van der Waals surface area contributed by atoms with Crippen molar-refractivity contribution in [2.24, 2.45) is 5.92 Å². The summed E-state index contributed by atoms with van der Waals surface area (Å²) in [6, 6.07) is 5.51. The van der Waals surface area contributed by atoms with E-state index in [1.807, 2.05) is 19.9 Å². The topological polar surface area (TPSA) is 20.2 Å². The van der Waals surface area contributed by atoms with Crippen molar-refractivity contribution in [2.75, 3.05) is 0 Å². The van der Waals surface area contributed by atoms with E-state index in [-0.39, 0.29) is 0 Å². The van der Waals surface area contributed by atoms with Crippen LogP contribution in [0.2, 0.25) is 0 Å². The first-order chi connectivity index (χ1) is 10.0. The molecule has 2 heteroatoms. The summed E-state index contributed by atoms with van der Waals surface area (Å²) in [5.74, 6) is 0.914. The molecule has 0 amide bonds. The summed E-state index contributed by atoms with van der Waals surface area (Å²) in [4.78, 5) is 0. The zero-order valence-electron chi connectivity index (χ0n) is 15.3. The Morgan fingerprint density at radius 1 is 1.00 bits per heavy atom. The third kappa shape index (κ3) is 8.51. The first kappa shape index (κ1) is 21.1. The second-order valence-electron chi connectivity index (χ2n) is 6.14. The standard InChI is InChI=1S/C9H13.C8H10O.C3H6.Ti/c1-6-5-7(2)9(4)8(6)3;1-6-3-7(2)5-8(9)4-6;1-3-2;/h6H,1-4H3;3-5,9H,1-2H3;1-2H3;/q-1;;;+1. The van der Waals surface area contributed by atoms with Crippen LogP contribution in [-0.2, 0) is 20.0 Å². The molecule has 1 nitrogen and oxygen atoms in total. The number of aromatic hydroxyl groups is 1. The summed E-state index contributed by atoms with van der Waals surface area (Å²) >= 11 is 2.08. The van der Waals surface area contributed by atoms with E-state index in [0.29, 0.717) is 11.7 Å². The van der Waals surface area contributed by atoms with Crippen LogP contribution in [0.4, 0.5) is 0 Å². The number of aryl methyl sites for hydroxylation is 2. The molecule has 22 heavy (non-hydrogen) atoms. The molecule has 0 saturated carbocycles. The van der Waals surface area contributed by atoms with Gasteiger partial charge in [0.15, 0.2) is 0 Å². The molecule has 1 aliphatic rings. The van der Waals surface area contributed by atoms with Crippen molar-refractivity contribution >= 4 is 3.81 Å². The number of phenolic OH excluding ortho intramolecular Hbond substituents is 1. The van der Waals surface area contributed by atoms with E-state index in [9.17, 15) is 0 Å². The molecule has 1 atom stereocenters. The molecule has 1 N–H and O–H groups in total. The summed E-state index contributed by atoms with van der Waals surface area (Å²) in [5, 5.41) is 8.99. The number of allylic oxidation sites excluding steroid dienone is 4. The molecule has 1 aliphatic carbocycles. The smallest absolute Gasteiger partial charge is 0.116 e.